The van der Waals surface area contributed by atoms with Crippen LogP contribution in [0.15, 0.2) is 52.9 Å². The van der Waals surface area contributed by atoms with E-state index < -0.39 is 27.1 Å². The average Bonchev–Trinajstić information content (AvgIpc) is 3.22. The highest BCUT2D eigenvalue weighted by Gasteiger charge is 2.24. The summed E-state index contributed by atoms with van der Waals surface area (Å²) in [6.07, 6.45) is 0. The Bertz CT molecular complexity index is 1130. The molecule has 10 nitrogen and oxygen atoms in total. The van der Waals surface area contributed by atoms with E-state index in [1.165, 1.54) is 18.6 Å². The van der Waals surface area contributed by atoms with Gasteiger partial charge in [0.1, 0.15) is 23.7 Å². The van der Waals surface area contributed by atoms with Gasteiger partial charge < -0.3 is 14.5 Å². The predicted octanol–water partition coefficient (Wildman–Crippen LogP) is 5.36. The maximum absolute atomic E-state index is 12.5. The molecule has 166 valence electrons. The van der Waals surface area contributed by atoms with E-state index in [4.69, 9.17) is 9.15 Å². The second-order valence-electron chi connectivity index (χ2n) is 7.39. The number of anilines is 1. The number of carbonyl (C=O) groups excluding carboxylic acids is 1. The monoisotopic (exact) mass is 439 g/mol. The maximum Gasteiger partial charge on any atom is 0.291 e. The van der Waals surface area contributed by atoms with E-state index in [-0.39, 0.29) is 23.6 Å². The number of nitrogens with zero attached hydrogens (tertiary/aromatic N) is 2. The third-order valence-electron chi connectivity index (χ3n) is 4.82. The molecule has 0 atom stereocenters. The molecule has 0 saturated carbocycles. The van der Waals surface area contributed by atoms with Crippen molar-refractivity contribution < 1.29 is 23.8 Å². The topological polar surface area (TPSA) is 138 Å². The number of hydrogen-bond donors (Lipinski definition) is 1. The number of hydrogen-bond acceptors (Lipinski definition) is 7. The van der Waals surface area contributed by atoms with Crippen molar-refractivity contribution >= 4 is 23.0 Å². The Morgan fingerprint density at radius 1 is 1.03 bits per heavy atom. The molecule has 32 heavy (non-hydrogen) atoms. The maximum atomic E-state index is 12.5. The average molecular weight is 439 g/mol. The Balaban J connectivity index is 1.69. The van der Waals surface area contributed by atoms with Gasteiger partial charge in [0.2, 0.25) is 0 Å². The Morgan fingerprint density at radius 2 is 1.62 bits per heavy atom. The van der Waals surface area contributed by atoms with Gasteiger partial charge in [0.05, 0.1) is 15.5 Å². The van der Waals surface area contributed by atoms with E-state index in [0.29, 0.717) is 17.4 Å². The molecule has 1 heterocycles. The lowest BCUT2D eigenvalue weighted by molar-refractivity contribution is -0.395. The first-order valence-corrected chi connectivity index (χ1v) is 9.72. The number of benzene rings is 2. The van der Waals surface area contributed by atoms with E-state index in [1.807, 2.05) is 24.3 Å². The highest BCUT2D eigenvalue weighted by atomic mass is 16.6. The van der Waals surface area contributed by atoms with Gasteiger partial charge in [0.25, 0.3) is 17.3 Å². The van der Waals surface area contributed by atoms with Gasteiger partial charge in [-0.05, 0) is 42.7 Å². The van der Waals surface area contributed by atoms with Gasteiger partial charge in [0.15, 0.2) is 5.76 Å². The van der Waals surface area contributed by atoms with Crippen molar-refractivity contribution in [1.82, 2.24) is 0 Å². The van der Waals surface area contributed by atoms with Crippen LogP contribution in [0.5, 0.6) is 5.75 Å². The molecule has 2 aromatic carbocycles. The zero-order valence-corrected chi connectivity index (χ0v) is 17.7. The molecule has 3 aromatic rings. The summed E-state index contributed by atoms with van der Waals surface area (Å²) in [6, 6.07) is 12.8. The van der Waals surface area contributed by atoms with E-state index >= 15 is 0 Å². The van der Waals surface area contributed by atoms with Gasteiger partial charge in [-0.1, -0.05) is 26.0 Å². The summed E-state index contributed by atoms with van der Waals surface area (Å²) in [7, 11) is 0. The number of ether oxygens (including phenoxy) is 1. The Kier molecular flexibility index (Phi) is 6.53. The Labute approximate surface area is 183 Å². The van der Waals surface area contributed by atoms with Crippen LogP contribution in [0.25, 0.3) is 0 Å². The van der Waals surface area contributed by atoms with Crippen molar-refractivity contribution in [3.8, 4) is 5.75 Å². The molecule has 0 spiro atoms. The number of nitro benzene ring substituents is 2. The molecule has 0 fully saturated rings. The second-order valence-corrected chi connectivity index (χ2v) is 7.39. The molecule has 1 aromatic heterocycles. The molecule has 1 N–H and O–H groups in total. The molecule has 10 heteroatoms. The SMILES string of the molecule is Cc1c([N+](=O)[O-])cc(NC(=O)c2ccc(COc3ccc(C(C)C)cc3)o2)cc1[N+](=O)[O-]. The third kappa shape index (κ3) is 5.09. The van der Waals surface area contributed by atoms with E-state index in [1.54, 1.807) is 6.07 Å². The molecule has 3 rings (SSSR count). The molecule has 0 saturated heterocycles. The molecular weight excluding hydrogens is 418 g/mol. The van der Waals surface area contributed by atoms with Crippen LogP contribution in [-0.4, -0.2) is 15.8 Å². The molecule has 0 aliphatic carbocycles. The van der Waals surface area contributed by atoms with Gasteiger partial charge in [-0.25, -0.2) is 0 Å². The van der Waals surface area contributed by atoms with Gasteiger partial charge in [-0.2, -0.15) is 0 Å². The molecule has 0 bridgehead atoms. The lowest BCUT2D eigenvalue weighted by Crippen LogP contribution is -2.12. The smallest absolute Gasteiger partial charge is 0.291 e. The van der Waals surface area contributed by atoms with Crippen molar-refractivity contribution in [3.05, 3.63) is 91.4 Å². The molecule has 0 unspecified atom stereocenters. The summed E-state index contributed by atoms with van der Waals surface area (Å²) >= 11 is 0. The number of nitrogens with one attached hydrogen (secondary N) is 1. The number of furan rings is 1. The lowest BCUT2D eigenvalue weighted by Gasteiger charge is -2.08. The van der Waals surface area contributed by atoms with Crippen LogP contribution in [0.3, 0.4) is 0 Å². The minimum Gasteiger partial charge on any atom is -0.486 e. The van der Waals surface area contributed by atoms with Gasteiger partial charge in [-0.3, -0.25) is 25.0 Å². The first kappa shape index (κ1) is 22.5. The van der Waals surface area contributed by atoms with Crippen LogP contribution in [-0.2, 0) is 6.61 Å². The van der Waals surface area contributed by atoms with Crippen molar-refractivity contribution in [1.29, 1.82) is 0 Å². The molecule has 0 aliphatic heterocycles. The normalized spacial score (nSPS) is 10.8. The van der Waals surface area contributed by atoms with Crippen molar-refractivity contribution in [2.24, 2.45) is 0 Å². The van der Waals surface area contributed by atoms with Crippen LogP contribution in [0.4, 0.5) is 17.1 Å². The standard InChI is InChI=1S/C22H21N3O7/c1-13(2)15-4-6-17(7-5-15)31-12-18-8-9-21(32-18)22(26)23-16-10-19(24(27)28)14(3)20(11-16)25(29)30/h4-11,13H,12H2,1-3H3,(H,23,26). The summed E-state index contributed by atoms with van der Waals surface area (Å²) in [4.78, 5) is 33.4. The van der Waals surface area contributed by atoms with Crippen LogP contribution in [0, 0.1) is 27.2 Å². The minimum absolute atomic E-state index is 0.0652. The van der Waals surface area contributed by atoms with Crippen LogP contribution < -0.4 is 10.1 Å². The minimum atomic E-state index is -0.742. The van der Waals surface area contributed by atoms with E-state index in [0.717, 1.165) is 12.1 Å². The zero-order valence-electron chi connectivity index (χ0n) is 17.7. The van der Waals surface area contributed by atoms with E-state index in [2.05, 4.69) is 19.2 Å². The summed E-state index contributed by atoms with van der Waals surface area (Å²) in [5.74, 6) is 0.682. The summed E-state index contributed by atoms with van der Waals surface area (Å²) in [6.45, 7) is 5.56. The zero-order chi connectivity index (χ0) is 23.4. The number of rotatable bonds is 8. The van der Waals surface area contributed by atoms with Gasteiger partial charge >= 0.3 is 0 Å². The van der Waals surface area contributed by atoms with Crippen LogP contribution in [0.1, 0.15) is 47.2 Å². The second kappa shape index (κ2) is 9.29. The lowest BCUT2D eigenvalue weighted by atomic mass is 10.0. The quantitative estimate of drug-likeness (QED) is 0.368. The van der Waals surface area contributed by atoms with Crippen molar-refractivity contribution in [3.63, 3.8) is 0 Å². The van der Waals surface area contributed by atoms with Gasteiger partial charge in [-0.15, -0.1) is 0 Å². The van der Waals surface area contributed by atoms with Crippen molar-refractivity contribution in [2.75, 3.05) is 5.32 Å². The molecule has 1 amide bonds. The van der Waals surface area contributed by atoms with Crippen LogP contribution in [0.2, 0.25) is 0 Å². The Hall–Kier alpha value is -4.21. The number of carbonyl (C=O) groups is 1. The highest BCUT2D eigenvalue weighted by Crippen LogP contribution is 2.32. The summed E-state index contributed by atoms with van der Waals surface area (Å²) in [5, 5.41) is 24.8. The molecular formula is C22H21N3O7. The number of amides is 1. The highest BCUT2D eigenvalue weighted by molar-refractivity contribution is 6.02. The molecule has 0 aliphatic rings. The fraction of sp³-hybridized carbons (Fsp3) is 0.227. The third-order valence-corrected chi connectivity index (χ3v) is 4.82. The largest absolute Gasteiger partial charge is 0.486 e. The van der Waals surface area contributed by atoms with Crippen molar-refractivity contribution in [2.45, 2.75) is 33.3 Å². The fourth-order valence-electron chi connectivity index (χ4n) is 3.01. The molecule has 0 radical (unpaired) electrons. The first-order chi connectivity index (χ1) is 15.2. The fourth-order valence-corrected chi connectivity index (χ4v) is 3.01. The first-order valence-electron chi connectivity index (χ1n) is 9.72. The Morgan fingerprint density at radius 3 is 2.16 bits per heavy atom. The summed E-state index contributed by atoms with van der Waals surface area (Å²) in [5.41, 5.74) is 0.0687. The number of nitro groups is 2. The van der Waals surface area contributed by atoms with Gasteiger partial charge in [0, 0.05) is 12.1 Å². The summed E-state index contributed by atoms with van der Waals surface area (Å²) < 4.78 is 11.1. The van der Waals surface area contributed by atoms with Crippen LogP contribution >= 0.6 is 0 Å². The predicted molar refractivity (Wildman–Crippen MR) is 116 cm³/mol. The van der Waals surface area contributed by atoms with E-state index in [9.17, 15) is 25.0 Å².